The fraction of sp³-hybridized carbons (Fsp3) is 0.294. The maximum atomic E-state index is 6.31. The van der Waals surface area contributed by atoms with Gasteiger partial charge in [0, 0.05) is 26.1 Å². The predicted octanol–water partition coefficient (Wildman–Crippen LogP) is 6.15. The van der Waals surface area contributed by atoms with Crippen LogP contribution in [0.1, 0.15) is 31.0 Å². The van der Waals surface area contributed by atoms with E-state index in [9.17, 15) is 0 Å². The first-order chi connectivity index (χ1) is 9.95. The van der Waals surface area contributed by atoms with Crippen molar-refractivity contribution in [3.63, 3.8) is 0 Å². The summed E-state index contributed by atoms with van der Waals surface area (Å²) in [6.07, 6.45) is 0.992. The van der Waals surface area contributed by atoms with E-state index in [0.29, 0.717) is 6.04 Å². The first kappa shape index (κ1) is 17.0. The van der Waals surface area contributed by atoms with Gasteiger partial charge in [0.15, 0.2) is 0 Å². The lowest BCUT2D eigenvalue weighted by atomic mass is 10.0. The van der Waals surface area contributed by atoms with Crippen molar-refractivity contribution < 1.29 is 0 Å². The summed E-state index contributed by atoms with van der Waals surface area (Å²) < 4.78 is 2.12. The molecule has 1 nitrogen and oxygen atoms in total. The zero-order valence-corrected chi connectivity index (χ0v) is 16.0. The average molecular weight is 432 g/mol. The number of nitrogens with one attached hydrogen (secondary N) is 1. The third-order valence-electron chi connectivity index (χ3n) is 3.42. The summed E-state index contributed by atoms with van der Waals surface area (Å²) in [4.78, 5) is 0. The van der Waals surface area contributed by atoms with Crippen molar-refractivity contribution in [3.8, 4) is 0 Å². The number of benzene rings is 2. The molecular formula is C17H18Br2ClN. The Hall–Kier alpha value is -0.350. The molecule has 2 aromatic carbocycles. The second-order valence-electron chi connectivity index (χ2n) is 5.29. The molecule has 0 spiro atoms. The molecule has 2 atom stereocenters. The van der Waals surface area contributed by atoms with Crippen LogP contribution in [0.25, 0.3) is 0 Å². The minimum absolute atomic E-state index is 0.219. The molecule has 0 saturated heterocycles. The highest BCUT2D eigenvalue weighted by Gasteiger charge is 2.13. The van der Waals surface area contributed by atoms with Gasteiger partial charge in [-0.05, 0) is 55.7 Å². The fourth-order valence-corrected chi connectivity index (χ4v) is 3.50. The quantitative estimate of drug-likeness (QED) is 0.599. The average Bonchev–Trinajstić information content (AvgIpc) is 2.41. The number of hydrogen-bond acceptors (Lipinski definition) is 1. The van der Waals surface area contributed by atoms with Crippen molar-refractivity contribution in [2.24, 2.45) is 0 Å². The minimum atomic E-state index is 0.219. The molecule has 112 valence electrons. The second-order valence-corrected chi connectivity index (χ2v) is 7.52. The van der Waals surface area contributed by atoms with Crippen molar-refractivity contribution in [1.82, 2.24) is 5.32 Å². The van der Waals surface area contributed by atoms with Crippen LogP contribution in [0.2, 0.25) is 5.02 Å². The first-order valence-corrected chi connectivity index (χ1v) is 8.87. The molecule has 0 saturated carbocycles. The van der Waals surface area contributed by atoms with Crippen LogP contribution in [0.4, 0.5) is 0 Å². The van der Waals surface area contributed by atoms with Crippen LogP contribution in [0.15, 0.2) is 51.4 Å². The molecule has 2 rings (SSSR count). The summed E-state index contributed by atoms with van der Waals surface area (Å²) >= 11 is 13.2. The van der Waals surface area contributed by atoms with Crippen LogP contribution in [0.3, 0.4) is 0 Å². The van der Waals surface area contributed by atoms with E-state index in [-0.39, 0.29) is 6.04 Å². The van der Waals surface area contributed by atoms with E-state index in [1.165, 1.54) is 5.56 Å². The predicted molar refractivity (Wildman–Crippen MR) is 98.0 cm³/mol. The Kier molecular flexibility index (Phi) is 6.30. The van der Waals surface area contributed by atoms with Crippen molar-refractivity contribution in [2.75, 3.05) is 0 Å². The third kappa shape index (κ3) is 5.10. The lowest BCUT2D eigenvalue weighted by molar-refractivity contribution is 0.477. The topological polar surface area (TPSA) is 12.0 Å². The molecule has 0 amide bonds. The second kappa shape index (κ2) is 7.77. The Balaban J connectivity index is 1.98. The molecule has 0 heterocycles. The van der Waals surface area contributed by atoms with E-state index in [0.717, 1.165) is 26.0 Å². The van der Waals surface area contributed by atoms with Crippen LogP contribution >= 0.6 is 43.5 Å². The molecule has 0 aliphatic carbocycles. The van der Waals surface area contributed by atoms with Crippen molar-refractivity contribution in [3.05, 3.63) is 67.6 Å². The lowest BCUT2D eigenvalue weighted by Crippen LogP contribution is -2.30. The molecule has 0 fully saturated rings. The SMILES string of the molecule is CC(Cc1ccc(Br)cc1)NC(C)c1ccc(Br)cc1Cl. The van der Waals surface area contributed by atoms with Gasteiger partial charge in [0.1, 0.15) is 0 Å². The van der Waals surface area contributed by atoms with E-state index in [2.05, 4.69) is 81.4 Å². The molecule has 0 aromatic heterocycles. The standard InChI is InChI=1S/C17H18Br2ClN/c1-11(9-13-3-5-14(18)6-4-13)21-12(2)16-8-7-15(19)10-17(16)20/h3-8,10-12,21H,9H2,1-2H3. The fourth-order valence-electron chi connectivity index (χ4n) is 2.40. The van der Waals surface area contributed by atoms with Gasteiger partial charge in [-0.3, -0.25) is 0 Å². The Labute approximate surface area is 148 Å². The molecule has 0 aliphatic heterocycles. The van der Waals surface area contributed by atoms with E-state index < -0.39 is 0 Å². The summed E-state index contributed by atoms with van der Waals surface area (Å²) in [5.74, 6) is 0. The van der Waals surface area contributed by atoms with Crippen LogP contribution in [0, 0.1) is 0 Å². The molecule has 4 heteroatoms. The molecule has 0 radical (unpaired) electrons. The van der Waals surface area contributed by atoms with Crippen molar-refractivity contribution >= 4 is 43.5 Å². The normalized spacial score (nSPS) is 14.0. The zero-order chi connectivity index (χ0) is 15.4. The van der Waals surface area contributed by atoms with Gasteiger partial charge in [-0.1, -0.05) is 61.7 Å². The highest BCUT2D eigenvalue weighted by Crippen LogP contribution is 2.26. The monoisotopic (exact) mass is 429 g/mol. The van der Waals surface area contributed by atoms with Gasteiger partial charge in [-0.25, -0.2) is 0 Å². The highest BCUT2D eigenvalue weighted by atomic mass is 79.9. The van der Waals surface area contributed by atoms with E-state index in [1.807, 2.05) is 12.1 Å². The largest absolute Gasteiger partial charge is 0.307 e. The molecule has 2 aromatic rings. The molecule has 0 aliphatic rings. The van der Waals surface area contributed by atoms with Gasteiger partial charge in [-0.15, -0.1) is 0 Å². The summed E-state index contributed by atoms with van der Waals surface area (Å²) in [5, 5.41) is 4.40. The van der Waals surface area contributed by atoms with Gasteiger partial charge >= 0.3 is 0 Å². The Bertz CT molecular complexity index is 598. The molecule has 0 bridgehead atoms. The summed E-state index contributed by atoms with van der Waals surface area (Å²) in [6.45, 7) is 4.35. The Morgan fingerprint density at radius 3 is 2.24 bits per heavy atom. The summed E-state index contributed by atoms with van der Waals surface area (Å²) in [5.41, 5.74) is 2.45. The Morgan fingerprint density at radius 1 is 1.00 bits per heavy atom. The van der Waals surface area contributed by atoms with Gasteiger partial charge < -0.3 is 5.32 Å². The van der Waals surface area contributed by atoms with Gasteiger partial charge in [-0.2, -0.15) is 0 Å². The van der Waals surface area contributed by atoms with Crippen LogP contribution < -0.4 is 5.32 Å². The highest BCUT2D eigenvalue weighted by molar-refractivity contribution is 9.10. The van der Waals surface area contributed by atoms with Gasteiger partial charge in [0.05, 0.1) is 0 Å². The van der Waals surface area contributed by atoms with E-state index in [4.69, 9.17) is 11.6 Å². The maximum Gasteiger partial charge on any atom is 0.0464 e. The molecule has 2 unspecified atom stereocenters. The smallest absolute Gasteiger partial charge is 0.0464 e. The van der Waals surface area contributed by atoms with E-state index in [1.54, 1.807) is 0 Å². The van der Waals surface area contributed by atoms with Gasteiger partial charge in [0.25, 0.3) is 0 Å². The molecule has 1 N–H and O–H groups in total. The van der Waals surface area contributed by atoms with Crippen molar-refractivity contribution in [2.45, 2.75) is 32.4 Å². The van der Waals surface area contributed by atoms with Crippen LogP contribution in [0.5, 0.6) is 0 Å². The van der Waals surface area contributed by atoms with Crippen LogP contribution in [-0.2, 0) is 6.42 Å². The van der Waals surface area contributed by atoms with E-state index >= 15 is 0 Å². The molecule has 21 heavy (non-hydrogen) atoms. The number of hydrogen-bond donors (Lipinski definition) is 1. The first-order valence-electron chi connectivity index (χ1n) is 6.91. The third-order valence-corrected chi connectivity index (χ3v) is 4.77. The van der Waals surface area contributed by atoms with Crippen LogP contribution in [-0.4, -0.2) is 6.04 Å². The van der Waals surface area contributed by atoms with Crippen molar-refractivity contribution in [1.29, 1.82) is 0 Å². The minimum Gasteiger partial charge on any atom is -0.307 e. The number of rotatable bonds is 5. The lowest BCUT2D eigenvalue weighted by Gasteiger charge is -2.21. The maximum absolute atomic E-state index is 6.31. The zero-order valence-electron chi connectivity index (χ0n) is 12.0. The Morgan fingerprint density at radius 2 is 1.62 bits per heavy atom. The molecular weight excluding hydrogens is 413 g/mol. The summed E-state index contributed by atoms with van der Waals surface area (Å²) in [7, 11) is 0. The van der Waals surface area contributed by atoms with Gasteiger partial charge in [0.2, 0.25) is 0 Å². The number of halogens is 3. The summed E-state index contributed by atoms with van der Waals surface area (Å²) in [6, 6.07) is 15.1.